The van der Waals surface area contributed by atoms with E-state index in [1.807, 2.05) is 31.2 Å². The molecule has 2 aromatic carbocycles. The number of carboxylic acid groups (broad SMARTS) is 1. The zero-order valence-electron chi connectivity index (χ0n) is 18.6. The van der Waals surface area contributed by atoms with Crippen molar-refractivity contribution in [3.05, 3.63) is 92.1 Å². The van der Waals surface area contributed by atoms with E-state index in [4.69, 9.17) is 11.6 Å². The van der Waals surface area contributed by atoms with Gasteiger partial charge in [-0.3, -0.25) is 14.2 Å². The van der Waals surface area contributed by atoms with E-state index in [9.17, 15) is 19.5 Å². The molecule has 0 saturated carbocycles. The summed E-state index contributed by atoms with van der Waals surface area (Å²) in [7, 11) is 0. The number of hydrogen-bond donors (Lipinski definition) is 3. The summed E-state index contributed by atoms with van der Waals surface area (Å²) in [6.45, 7) is 5.43. The molecule has 1 heterocycles. The standard InChI is InChI=1S/C24H25ClN4O4/c1-14-8-10-17(11-9-14)20(12-21(30)31)27-24(33)28-22-15(2)26-16(3)29(23(22)32)13-18-6-4-5-7-19(18)25/h4-11,20H,12-13H2,1-3H3,(H,30,31)(H2,27,28,33). The molecule has 0 aliphatic rings. The highest BCUT2D eigenvalue weighted by Crippen LogP contribution is 2.19. The van der Waals surface area contributed by atoms with E-state index in [0.717, 1.165) is 11.1 Å². The van der Waals surface area contributed by atoms with Crippen molar-refractivity contribution in [1.29, 1.82) is 0 Å². The van der Waals surface area contributed by atoms with Gasteiger partial charge in [0, 0.05) is 5.02 Å². The molecule has 0 aliphatic heterocycles. The van der Waals surface area contributed by atoms with Crippen LogP contribution in [-0.4, -0.2) is 26.7 Å². The van der Waals surface area contributed by atoms with Crippen molar-refractivity contribution < 1.29 is 14.7 Å². The number of halogens is 1. The summed E-state index contributed by atoms with van der Waals surface area (Å²) in [6.07, 6.45) is -0.307. The van der Waals surface area contributed by atoms with Crippen LogP contribution in [0, 0.1) is 20.8 Å². The Balaban J connectivity index is 1.86. The van der Waals surface area contributed by atoms with Gasteiger partial charge in [0.15, 0.2) is 0 Å². The average molecular weight is 469 g/mol. The van der Waals surface area contributed by atoms with Crippen molar-refractivity contribution in [2.45, 2.75) is 39.8 Å². The molecule has 1 unspecified atom stereocenters. The highest BCUT2D eigenvalue weighted by Gasteiger charge is 2.20. The van der Waals surface area contributed by atoms with Gasteiger partial charge in [0.05, 0.1) is 24.7 Å². The fraction of sp³-hybridized carbons (Fsp3) is 0.250. The quantitative estimate of drug-likeness (QED) is 0.480. The van der Waals surface area contributed by atoms with Crippen molar-refractivity contribution >= 4 is 29.3 Å². The Morgan fingerprint density at radius 3 is 2.39 bits per heavy atom. The number of benzene rings is 2. The Kier molecular flexibility index (Phi) is 7.50. The molecular formula is C24H25ClN4O4. The molecule has 3 rings (SSSR count). The molecule has 9 heteroatoms. The fourth-order valence-electron chi connectivity index (χ4n) is 3.46. The van der Waals surface area contributed by atoms with Gasteiger partial charge in [-0.05, 0) is 38.0 Å². The van der Waals surface area contributed by atoms with Gasteiger partial charge >= 0.3 is 12.0 Å². The first-order valence-corrected chi connectivity index (χ1v) is 10.7. The maximum atomic E-state index is 13.2. The van der Waals surface area contributed by atoms with Gasteiger partial charge in [-0.2, -0.15) is 0 Å². The van der Waals surface area contributed by atoms with Gasteiger partial charge in [-0.25, -0.2) is 9.78 Å². The van der Waals surface area contributed by atoms with Crippen LogP contribution in [-0.2, 0) is 11.3 Å². The smallest absolute Gasteiger partial charge is 0.319 e. The van der Waals surface area contributed by atoms with Crippen molar-refractivity contribution in [2.75, 3.05) is 5.32 Å². The second-order valence-electron chi connectivity index (χ2n) is 7.76. The van der Waals surface area contributed by atoms with Gasteiger partial charge in [0.1, 0.15) is 11.5 Å². The van der Waals surface area contributed by atoms with Crippen molar-refractivity contribution in [2.24, 2.45) is 0 Å². The number of nitrogens with one attached hydrogen (secondary N) is 2. The number of amides is 2. The number of urea groups is 1. The summed E-state index contributed by atoms with van der Waals surface area (Å²) >= 11 is 6.24. The van der Waals surface area contributed by atoms with Gasteiger partial charge < -0.3 is 15.7 Å². The summed E-state index contributed by atoms with van der Waals surface area (Å²) in [5, 5.41) is 15.0. The molecule has 0 saturated heterocycles. The number of carboxylic acids is 1. The predicted octanol–water partition coefficient (Wildman–Crippen LogP) is 4.21. The molecule has 1 atom stereocenters. The summed E-state index contributed by atoms with van der Waals surface area (Å²) < 4.78 is 1.43. The second-order valence-corrected chi connectivity index (χ2v) is 8.17. The van der Waals surface area contributed by atoms with Crippen molar-refractivity contribution in [3.63, 3.8) is 0 Å². The SMILES string of the molecule is Cc1ccc(C(CC(=O)O)NC(=O)Nc2c(C)nc(C)n(Cc3ccccc3Cl)c2=O)cc1. The molecular weight excluding hydrogens is 444 g/mol. The van der Waals surface area contributed by atoms with Crippen LogP contribution >= 0.6 is 11.6 Å². The predicted molar refractivity (Wildman–Crippen MR) is 127 cm³/mol. The summed E-state index contributed by atoms with van der Waals surface area (Å²) in [5.74, 6) is -0.581. The van der Waals surface area contributed by atoms with E-state index in [-0.39, 0.29) is 18.7 Å². The minimum Gasteiger partial charge on any atom is -0.481 e. The number of rotatable bonds is 7. The van der Waals surface area contributed by atoms with E-state index in [1.165, 1.54) is 4.57 Å². The summed E-state index contributed by atoms with van der Waals surface area (Å²) in [4.78, 5) is 41.6. The Labute approximate surface area is 196 Å². The second kappa shape index (κ2) is 10.3. The molecule has 0 fully saturated rings. The average Bonchev–Trinajstić information content (AvgIpc) is 2.75. The first-order chi connectivity index (χ1) is 15.7. The van der Waals surface area contributed by atoms with Crippen molar-refractivity contribution in [1.82, 2.24) is 14.9 Å². The van der Waals surface area contributed by atoms with Crippen LogP contribution in [0.25, 0.3) is 0 Å². The summed E-state index contributed by atoms with van der Waals surface area (Å²) in [6, 6.07) is 12.9. The first-order valence-electron chi connectivity index (χ1n) is 10.3. The lowest BCUT2D eigenvalue weighted by molar-refractivity contribution is -0.137. The van der Waals surface area contributed by atoms with Gasteiger partial charge in [-0.1, -0.05) is 59.6 Å². The molecule has 0 radical (unpaired) electrons. The van der Waals surface area contributed by atoms with Crippen LogP contribution < -0.4 is 16.2 Å². The number of anilines is 1. The van der Waals surface area contributed by atoms with Crippen LogP contribution in [0.2, 0.25) is 5.02 Å². The third kappa shape index (κ3) is 5.98. The number of carbonyl (C=O) groups excluding carboxylic acids is 1. The molecule has 2 amide bonds. The monoisotopic (exact) mass is 468 g/mol. The maximum absolute atomic E-state index is 13.2. The van der Waals surface area contributed by atoms with Crippen LogP contribution in [0.3, 0.4) is 0 Å². The van der Waals surface area contributed by atoms with Crippen molar-refractivity contribution in [3.8, 4) is 0 Å². The molecule has 172 valence electrons. The molecule has 3 N–H and O–H groups in total. The maximum Gasteiger partial charge on any atom is 0.319 e. The van der Waals surface area contributed by atoms with E-state index in [2.05, 4.69) is 15.6 Å². The minimum atomic E-state index is -1.06. The number of hydrogen-bond acceptors (Lipinski definition) is 4. The lowest BCUT2D eigenvalue weighted by Gasteiger charge is -2.19. The molecule has 1 aromatic heterocycles. The lowest BCUT2D eigenvalue weighted by atomic mass is 10.0. The molecule has 0 bridgehead atoms. The molecule has 0 aliphatic carbocycles. The summed E-state index contributed by atoms with van der Waals surface area (Å²) in [5.41, 5.74) is 2.34. The van der Waals surface area contributed by atoms with Gasteiger partial charge in [-0.15, -0.1) is 0 Å². The minimum absolute atomic E-state index is 0.0168. The normalized spacial score (nSPS) is 11.6. The third-order valence-electron chi connectivity index (χ3n) is 5.23. The van der Waals surface area contributed by atoms with E-state index in [0.29, 0.717) is 22.1 Å². The van der Waals surface area contributed by atoms with Crippen LogP contribution in [0.15, 0.2) is 53.3 Å². The van der Waals surface area contributed by atoms with E-state index in [1.54, 1.807) is 38.1 Å². The molecule has 0 spiro atoms. The fourth-order valence-corrected chi connectivity index (χ4v) is 3.65. The first kappa shape index (κ1) is 24.0. The van der Waals surface area contributed by atoms with E-state index >= 15 is 0 Å². The Hall–Kier alpha value is -3.65. The number of aryl methyl sites for hydroxylation is 3. The van der Waals surface area contributed by atoms with Crippen LogP contribution in [0.4, 0.5) is 10.5 Å². The third-order valence-corrected chi connectivity index (χ3v) is 5.60. The van der Waals surface area contributed by atoms with Gasteiger partial charge in [0.25, 0.3) is 5.56 Å². The number of carbonyl (C=O) groups is 2. The molecule has 8 nitrogen and oxygen atoms in total. The topological polar surface area (TPSA) is 113 Å². The highest BCUT2D eigenvalue weighted by molar-refractivity contribution is 6.31. The Morgan fingerprint density at radius 2 is 1.76 bits per heavy atom. The van der Waals surface area contributed by atoms with Gasteiger partial charge in [0.2, 0.25) is 0 Å². The molecule has 3 aromatic rings. The largest absolute Gasteiger partial charge is 0.481 e. The van der Waals surface area contributed by atoms with Crippen LogP contribution in [0.5, 0.6) is 0 Å². The van der Waals surface area contributed by atoms with E-state index < -0.39 is 23.6 Å². The molecule has 33 heavy (non-hydrogen) atoms. The lowest BCUT2D eigenvalue weighted by Crippen LogP contribution is -2.37. The highest BCUT2D eigenvalue weighted by atomic mass is 35.5. The number of nitrogens with zero attached hydrogens (tertiary/aromatic N) is 2. The zero-order valence-corrected chi connectivity index (χ0v) is 19.3. The zero-order chi connectivity index (χ0) is 24.1. The Bertz CT molecular complexity index is 1240. The number of aliphatic carboxylic acids is 1. The Morgan fingerprint density at radius 1 is 1.09 bits per heavy atom. The van der Waals surface area contributed by atoms with Crippen LogP contribution in [0.1, 0.15) is 40.7 Å². The number of aromatic nitrogens is 2.